The first-order chi connectivity index (χ1) is 13.7. The molecule has 2 atom stereocenters. The second kappa shape index (κ2) is 10.7. The van der Waals surface area contributed by atoms with Crippen LogP contribution in [0.5, 0.6) is 0 Å². The van der Waals surface area contributed by atoms with E-state index in [9.17, 15) is 19.2 Å². The molecule has 2 heterocycles. The summed E-state index contributed by atoms with van der Waals surface area (Å²) in [5.41, 5.74) is 0. The molecule has 0 aliphatic carbocycles. The maximum absolute atomic E-state index is 13.0. The third kappa shape index (κ3) is 6.53. The lowest BCUT2D eigenvalue weighted by atomic mass is 10.0. The van der Waals surface area contributed by atoms with Gasteiger partial charge in [-0.3, -0.25) is 19.2 Å². The van der Waals surface area contributed by atoms with Gasteiger partial charge in [0.25, 0.3) is 5.91 Å². The summed E-state index contributed by atoms with van der Waals surface area (Å²) in [4.78, 5) is 52.7. The van der Waals surface area contributed by atoms with Crippen LogP contribution in [0.2, 0.25) is 0 Å². The topological polar surface area (TPSA) is 98.8 Å². The van der Waals surface area contributed by atoms with Gasteiger partial charge in [-0.2, -0.15) is 0 Å². The van der Waals surface area contributed by atoms with E-state index in [1.54, 1.807) is 28.9 Å². The average Bonchev–Trinajstić information content (AvgIpc) is 3.12. The Morgan fingerprint density at radius 1 is 1.28 bits per heavy atom. The molecule has 4 amide bonds. The van der Waals surface area contributed by atoms with Gasteiger partial charge in [0.05, 0.1) is 15.2 Å². The summed E-state index contributed by atoms with van der Waals surface area (Å²) in [5.74, 6) is -0.836. The first-order valence-corrected chi connectivity index (χ1v) is 11.2. The summed E-state index contributed by atoms with van der Waals surface area (Å²) < 4.78 is 0.852. The van der Waals surface area contributed by atoms with Crippen LogP contribution in [-0.2, 0) is 14.4 Å². The van der Waals surface area contributed by atoms with E-state index in [2.05, 4.69) is 26.6 Å². The number of rotatable bonds is 7. The third-order valence-electron chi connectivity index (χ3n) is 4.74. The second-order valence-corrected chi connectivity index (χ2v) is 9.49. The number of nitrogens with zero attached hydrogens (tertiary/aromatic N) is 2. The van der Waals surface area contributed by atoms with E-state index in [1.165, 1.54) is 18.3 Å². The molecule has 1 aliphatic rings. The van der Waals surface area contributed by atoms with Crippen molar-refractivity contribution in [1.29, 1.82) is 0 Å². The van der Waals surface area contributed by atoms with Gasteiger partial charge in [-0.05, 0) is 41.4 Å². The van der Waals surface area contributed by atoms with Crippen molar-refractivity contribution in [2.75, 3.05) is 26.2 Å². The first-order valence-electron chi connectivity index (χ1n) is 9.61. The normalized spacial score (nSPS) is 17.6. The maximum Gasteiger partial charge on any atom is 0.262 e. The highest BCUT2D eigenvalue weighted by atomic mass is 79.9. The lowest BCUT2D eigenvalue weighted by Crippen LogP contribution is -2.60. The molecule has 2 unspecified atom stereocenters. The highest BCUT2D eigenvalue weighted by Gasteiger charge is 2.34. The van der Waals surface area contributed by atoms with Gasteiger partial charge in [0.1, 0.15) is 6.04 Å². The zero-order valence-electron chi connectivity index (χ0n) is 16.9. The van der Waals surface area contributed by atoms with Crippen LogP contribution in [0, 0.1) is 0 Å². The summed E-state index contributed by atoms with van der Waals surface area (Å²) in [7, 11) is 0. The van der Waals surface area contributed by atoms with Crippen molar-refractivity contribution in [3.63, 3.8) is 0 Å². The summed E-state index contributed by atoms with van der Waals surface area (Å²) in [6, 6.07) is 2.73. The minimum atomic E-state index is -0.663. The number of hydrogen-bond acceptors (Lipinski definition) is 5. The van der Waals surface area contributed by atoms with Gasteiger partial charge >= 0.3 is 0 Å². The first kappa shape index (κ1) is 23.3. The van der Waals surface area contributed by atoms with Gasteiger partial charge in [0, 0.05) is 32.6 Å². The Balaban J connectivity index is 1.98. The fraction of sp³-hybridized carbons (Fsp3) is 0.579. The average molecular weight is 487 g/mol. The van der Waals surface area contributed by atoms with Crippen LogP contribution in [0.4, 0.5) is 0 Å². The van der Waals surface area contributed by atoms with Gasteiger partial charge < -0.3 is 20.4 Å². The van der Waals surface area contributed by atoms with Crippen molar-refractivity contribution < 1.29 is 19.2 Å². The Morgan fingerprint density at radius 2 is 2.00 bits per heavy atom. The number of piperazine rings is 1. The molecule has 2 N–H and O–H groups in total. The van der Waals surface area contributed by atoms with E-state index in [4.69, 9.17) is 0 Å². The van der Waals surface area contributed by atoms with Crippen molar-refractivity contribution in [2.45, 2.75) is 45.7 Å². The molecular weight excluding hydrogens is 460 g/mol. The molecule has 1 fully saturated rings. The van der Waals surface area contributed by atoms with Crippen molar-refractivity contribution in [3.05, 3.63) is 20.8 Å². The fourth-order valence-corrected chi connectivity index (χ4v) is 4.57. The van der Waals surface area contributed by atoms with E-state index in [0.29, 0.717) is 24.5 Å². The Hall–Kier alpha value is -1.94. The molecule has 8 nitrogen and oxygen atoms in total. The van der Waals surface area contributed by atoms with Crippen LogP contribution in [0.3, 0.4) is 0 Å². The quantitative estimate of drug-likeness (QED) is 0.611. The van der Waals surface area contributed by atoms with E-state index in [-0.39, 0.29) is 36.2 Å². The number of carbonyl (C=O) groups excluding carboxylic acids is 4. The molecule has 0 radical (unpaired) electrons. The molecule has 1 aromatic heterocycles. The number of amides is 4. The molecule has 0 aromatic carbocycles. The van der Waals surface area contributed by atoms with Crippen LogP contribution in [0.25, 0.3) is 0 Å². The number of thiophene rings is 1. The van der Waals surface area contributed by atoms with Crippen LogP contribution >= 0.6 is 27.3 Å². The molecule has 1 aromatic rings. The minimum absolute atomic E-state index is 0.0367. The third-order valence-corrected chi connectivity index (χ3v) is 6.37. The van der Waals surface area contributed by atoms with Crippen molar-refractivity contribution >= 4 is 50.9 Å². The van der Waals surface area contributed by atoms with E-state index in [1.807, 2.05) is 6.92 Å². The second-order valence-electron chi connectivity index (χ2n) is 7.02. The molecular formula is C19H27BrN4O4S. The summed E-state index contributed by atoms with van der Waals surface area (Å²) in [6.07, 6.45) is 1.63. The smallest absolute Gasteiger partial charge is 0.262 e. The van der Waals surface area contributed by atoms with E-state index in [0.717, 1.165) is 16.6 Å². The fourth-order valence-electron chi connectivity index (χ4n) is 3.28. The number of carbonyl (C=O) groups is 4. The van der Waals surface area contributed by atoms with Crippen LogP contribution in [0.1, 0.15) is 43.3 Å². The molecule has 0 spiro atoms. The molecule has 0 bridgehead atoms. The summed E-state index contributed by atoms with van der Waals surface area (Å²) >= 11 is 4.64. The van der Waals surface area contributed by atoms with Crippen LogP contribution in [-0.4, -0.2) is 71.7 Å². The highest BCUT2D eigenvalue weighted by molar-refractivity contribution is 9.11. The van der Waals surface area contributed by atoms with E-state index < -0.39 is 6.04 Å². The Kier molecular flexibility index (Phi) is 8.63. The Labute approximate surface area is 183 Å². The summed E-state index contributed by atoms with van der Waals surface area (Å²) in [6.45, 7) is 6.28. The Morgan fingerprint density at radius 3 is 2.59 bits per heavy atom. The lowest BCUT2D eigenvalue weighted by Gasteiger charge is -2.42. The molecule has 1 aliphatic heterocycles. The molecule has 0 saturated carbocycles. The van der Waals surface area contributed by atoms with Crippen molar-refractivity contribution in [3.8, 4) is 0 Å². The van der Waals surface area contributed by atoms with Gasteiger partial charge in [0.15, 0.2) is 0 Å². The molecule has 1 saturated heterocycles. The Bertz CT molecular complexity index is 769. The molecule has 160 valence electrons. The maximum atomic E-state index is 13.0. The largest absolute Gasteiger partial charge is 0.347 e. The van der Waals surface area contributed by atoms with Gasteiger partial charge in [-0.1, -0.05) is 13.3 Å². The van der Waals surface area contributed by atoms with Gasteiger partial charge in [-0.25, -0.2) is 0 Å². The molecule has 10 heteroatoms. The predicted molar refractivity (Wildman–Crippen MR) is 115 cm³/mol. The number of nitrogens with one attached hydrogen (secondary N) is 2. The molecule has 29 heavy (non-hydrogen) atoms. The zero-order chi connectivity index (χ0) is 21.6. The van der Waals surface area contributed by atoms with Crippen LogP contribution in [0.15, 0.2) is 15.9 Å². The number of halogens is 1. The standard InChI is InChI=1S/C19H27BrN4O4S/c1-4-5-14-11-23(17(26)10-21-13(3)25)8-9-24(14)19(28)12(2)22-18(27)15-6-7-16(20)29-15/h6-7,12,14H,4-5,8-11H2,1-3H3,(H,21,25)(H,22,27). The minimum Gasteiger partial charge on any atom is -0.347 e. The van der Waals surface area contributed by atoms with Crippen LogP contribution < -0.4 is 10.6 Å². The predicted octanol–water partition coefficient (Wildman–Crippen LogP) is 1.60. The highest BCUT2D eigenvalue weighted by Crippen LogP contribution is 2.22. The molecule has 2 rings (SSSR count). The van der Waals surface area contributed by atoms with Gasteiger partial charge in [-0.15, -0.1) is 11.3 Å². The summed E-state index contributed by atoms with van der Waals surface area (Å²) in [5, 5.41) is 5.29. The SMILES string of the molecule is CCCC1CN(C(=O)CNC(C)=O)CCN1C(=O)C(C)NC(=O)c1ccc(Br)s1. The van der Waals surface area contributed by atoms with Crippen molar-refractivity contribution in [1.82, 2.24) is 20.4 Å². The number of hydrogen-bond donors (Lipinski definition) is 2. The van der Waals surface area contributed by atoms with Crippen molar-refractivity contribution in [2.24, 2.45) is 0 Å². The van der Waals surface area contributed by atoms with Gasteiger partial charge in [0.2, 0.25) is 17.7 Å². The lowest BCUT2D eigenvalue weighted by molar-refractivity contribution is -0.144. The van der Waals surface area contributed by atoms with E-state index >= 15 is 0 Å². The monoisotopic (exact) mass is 486 g/mol. The zero-order valence-corrected chi connectivity index (χ0v) is 19.3.